The lowest BCUT2D eigenvalue weighted by Crippen LogP contribution is -2.29. The molecule has 0 aliphatic heterocycles. The van der Waals surface area contributed by atoms with E-state index in [0.717, 1.165) is 9.35 Å². The highest BCUT2D eigenvalue weighted by molar-refractivity contribution is 9.10. The lowest BCUT2D eigenvalue weighted by atomic mass is 10.2. The number of carbonyl (C=O) groups is 1. The van der Waals surface area contributed by atoms with Crippen molar-refractivity contribution in [2.75, 3.05) is 20.3 Å². The van der Waals surface area contributed by atoms with Gasteiger partial charge in [-0.1, -0.05) is 6.92 Å². The van der Waals surface area contributed by atoms with Crippen molar-refractivity contribution < 1.29 is 14.6 Å². The Balaban J connectivity index is 2.78. The first-order valence-electron chi connectivity index (χ1n) is 5.23. The van der Waals surface area contributed by atoms with Gasteiger partial charge in [-0.25, -0.2) is 0 Å². The highest BCUT2D eigenvalue weighted by atomic mass is 79.9. The van der Waals surface area contributed by atoms with E-state index in [4.69, 9.17) is 9.84 Å². The van der Waals surface area contributed by atoms with Crippen LogP contribution in [0.5, 0.6) is 5.75 Å². The van der Waals surface area contributed by atoms with Gasteiger partial charge in [0.25, 0.3) is 5.91 Å². The summed E-state index contributed by atoms with van der Waals surface area (Å²) in [6.07, 6.45) is 0. The second kappa shape index (κ2) is 6.37. The van der Waals surface area contributed by atoms with E-state index in [2.05, 4.69) is 21.2 Å². The number of rotatable bonds is 5. The molecule has 0 aliphatic carbocycles. The lowest BCUT2D eigenvalue weighted by molar-refractivity contribution is 0.0943. The maximum absolute atomic E-state index is 11.9. The molecule has 1 heterocycles. The molecular weight excluding hydrogens is 306 g/mol. The Bertz CT molecular complexity index is 406. The Kier molecular flexibility index (Phi) is 5.42. The normalized spacial score (nSPS) is 12.3. The predicted molar refractivity (Wildman–Crippen MR) is 71.9 cm³/mol. The van der Waals surface area contributed by atoms with Gasteiger partial charge < -0.3 is 15.2 Å². The van der Waals surface area contributed by atoms with E-state index in [1.54, 1.807) is 7.11 Å². The van der Waals surface area contributed by atoms with Crippen molar-refractivity contribution in [1.82, 2.24) is 5.32 Å². The van der Waals surface area contributed by atoms with Gasteiger partial charge in [-0.15, -0.1) is 11.3 Å². The number of amides is 1. The number of hydrogen-bond donors (Lipinski definition) is 2. The van der Waals surface area contributed by atoms with Gasteiger partial charge in [-0.05, 0) is 28.8 Å². The summed E-state index contributed by atoms with van der Waals surface area (Å²) in [6.45, 7) is 4.30. The number of ether oxygens (including phenoxy) is 1. The average Bonchev–Trinajstić information content (AvgIpc) is 2.62. The standard InChI is InChI=1S/C11H16BrNO3S/c1-6(5-14)4-13-11(15)10-9(16-3)8(12)7(2)17-10/h6,14H,4-5H2,1-3H3,(H,13,15). The van der Waals surface area contributed by atoms with Crippen molar-refractivity contribution in [2.24, 2.45) is 5.92 Å². The third-order valence-corrected chi connectivity index (χ3v) is 4.61. The monoisotopic (exact) mass is 321 g/mol. The molecule has 1 atom stereocenters. The molecule has 0 aromatic carbocycles. The van der Waals surface area contributed by atoms with Gasteiger partial charge in [0, 0.05) is 18.0 Å². The molecule has 1 aromatic heterocycles. The second-order valence-corrected chi connectivity index (χ2v) is 5.85. The van der Waals surface area contributed by atoms with Crippen molar-refractivity contribution in [3.63, 3.8) is 0 Å². The third kappa shape index (κ3) is 3.43. The molecule has 6 heteroatoms. The van der Waals surface area contributed by atoms with Crippen molar-refractivity contribution in [3.8, 4) is 5.75 Å². The van der Waals surface area contributed by atoms with Crippen LogP contribution in [0.1, 0.15) is 21.5 Å². The summed E-state index contributed by atoms with van der Waals surface area (Å²) in [5.41, 5.74) is 0. The zero-order valence-corrected chi connectivity index (χ0v) is 12.4. The molecule has 1 aromatic rings. The fourth-order valence-corrected chi connectivity index (χ4v) is 2.91. The van der Waals surface area contributed by atoms with Gasteiger partial charge in [-0.3, -0.25) is 4.79 Å². The van der Waals surface area contributed by atoms with Gasteiger partial charge in [0.15, 0.2) is 5.75 Å². The van der Waals surface area contributed by atoms with E-state index in [9.17, 15) is 4.79 Å². The Labute approximate surface area is 113 Å². The van der Waals surface area contributed by atoms with Gasteiger partial charge >= 0.3 is 0 Å². The van der Waals surface area contributed by atoms with Crippen molar-refractivity contribution in [2.45, 2.75) is 13.8 Å². The van der Waals surface area contributed by atoms with Gasteiger partial charge in [0.05, 0.1) is 11.6 Å². The first kappa shape index (κ1) is 14.5. The van der Waals surface area contributed by atoms with Gasteiger partial charge in [0.1, 0.15) is 4.88 Å². The van der Waals surface area contributed by atoms with Crippen molar-refractivity contribution >= 4 is 33.2 Å². The fourth-order valence-electron chi connectivity index (χ4n) is 1.25. The summed E-state index contributed by atoms with van der Waals surface area (Å²) in [5, 5.41) is 11.7. The van der Waals surface area contributed by atoms with Crippen LogP contribution in [0, 0.1) is 12.8 Å². The molecule has 1 unspecified atom stereocenters. The zero-order chi connectivity index (χ0) is 13.0. The summed E-state index contributed by atoms with van der Waals surface area (Å²) < 4.78 is 6.03. The summed E-state index contributed by atoms with van der Waals surface area (Å²) in [5.74, 6) is 0.456. The van der Waals surface area contributed by atoms with Gasteiger partial charge in [0.2, 0.25) is 0 Å². The predicted octanol–water partition coefficient (Wildman–Crippen LogP) is 2.19. The fraction of sp³-hybridized carbons (Fsp3) is 0.545. The van der Waals surface area contributed by atoms with Gasteiger partial charge in [-0.2, -0.15) is 0 Å². The zero-order valence-electron chi connectivity index (χ0n) is 10.0. The van der Waals surface area contributed by atoms with Crippen LogP contribution >= 0.6 is 27.3 Å². The summed E-state index contributed by atoms with van der Waals surface area (Å²) in [6, 6.07) is 0. The first-order valence-corrected chi connectivity index (χ1v) is 6.84. The molecule has 0 radical (unpaired) electrons. The topological polar surface area (TPSA) is 58.6 Å². The third-order valence-electron chi connectivity index (χ3n) is 2.30. The van der Waals surface area contributed by atoms with Crippen LogP contribution in [-0.4, -0.2) is 31.3 Å². The number of aryl methyl sites for hydroxylation is 1. The van der Waals surface area contributed by atoms with Crippen LogP contribution in [0.25, 0.3) is 0 Å². The van der Waals surface area contributed by atoms with Crippen LogP contribution in [0.3, 0.4) is 0 Å². The van der Waals surface area contributed by atoms with E-state index >= 15 is 0 Å². The SMILES string of the molecule is COc1c(C(=O)NCC(C)CO)sc(C)c1Br. The second-order valence-electron chi connectivity index (χ2n) is 3.83. The molecule has 4 nitrogen and oxygen atoms in total. The van der Waals surface area contributed by atoms with Crippen LogP contribution in [0.4, 0.5) is 0 Å². The average molecular weight is 322 g/mol. The summed E-state index contributed by atoms with van der Waals surface area (Å²) >= 11 is 4.78. The Hall–Kier alpha value is -0.590. The highest BCUT2D eigenvalue weighted by Crippen LogP contribution is 2.38. The maximum atomic E-state index is 11.9. The molecule has 0 spiro atoms. The molecule has 1 amide bonds. The molecule has 0 saturated heterocycles. The molecule has 1 rings (SSSR count). The Morgan fingerprint density at radius 2 is 2.29 bits per heavy atom. The molecule has 96 valence electrons. The number of halogens is 1. The first-order chi connectivity index (χ1) is 8.01. The van der Waals surface area contributed by atoms with Crippen molar-refractivity contribution in [1.29, 1.82) is 0 Å². The van der Waals surface area contributed by atoms with Crippen molar-refractivity contribution in [3.05, 3.63) is 14.2 Å². The molecule has 0 fully saturated rings. The Morgan fingerprint density at radius 3 is 2.82 bits per heavy atom. The maximum Gasteiger partial charge on any atom is 0.265 e. The number of aliphatic hydroxyl groups excluding tert-OH is 1. The van der Waals surface area contributed by atoms with Crippen LogP contribution in [0.15, 0.2) is 4.47 Å². The van der Waals surface area contributed by atoms with E-state index in [1.807, 2.05) is 13.8 Å². The largest absolute Gasteiger partial charge is 0.494 e. The highest BCUT2D eigenvalue weighted by Gasteiger charge is 2.20. The van der Waals surface area contributed by atoms with E-state index in [-0.39, 0.29) is 18.4 Å². The number of aliphatic hydroxyl groups is 1. The molecule has 17 heavy (non-hydrogen) atoms. The number of methoxy groups -OCH3 is 1. The molecular formula is C11H16BrNO3S. The lowest BCUT2D eigenvalue weighted by Gasteiger charge is -2.09. The molecule has 0 saturated carbocycles. The summed E-state index contributed by atoms with van der Waals surface area (Å²) in [7, 11) is 1.54. The smallest absolute Gasteiger partial charge is 0.265 e. The van der Waals surface area contributed by atoms with E-state index < -0.39 is 0 Å². The molecule has 0 bridgehead atoms. The van der Waals surface area contributed by atoms with Crippen LogP contribution in [0.2, 0.25) is 0 Å². The summed E-state index contributed by atoms with van der Waals surface area (Å²) in [4.78, 5) is 13.5. The molecule has 0 aliphatic rings. The number of carbonyl (C=O) groups excluding carboxylic acids is 1. The number of hydrogen-bond acceptors (Lipinski definition) is 4. The number of nitrogens with one attached hydrogen (secondary N) is 1. The number of thiophene rings is 1. The van der Waals surface area contributed by atoms with Crippen LogP contribution < -0.4 is 10.1 Å². The van der Waals surface area contributed by atoms with E-state index in [0.29, 0.717) is 17.2 Å². The van der Waals surface area contributed by atoms with E-state index in [1.165, 1.54) is 11.3 Å². The van der Waals surface area contributed by atoms with Crippen LogP contribution in [-0.2, 0) is 0 Å². The minimum atomic E-state index is -0.166. The Morgan fingerprint density at radius 1 is 1.65 bits per heavy atom. The quantitative estimate of drug-likeness (QED) is 0.874. The minimum absolute atomic E-state index is 0.0504. The minimum Gasteiger partial charge on any atom is -0.494 e. The molecule has 2 N–H and O–H groups in total.